The average Bonchev–Trinajstić information content (AvgIpc) is 3.09. The zero-order valence-electron chi connectivity index (χ0n) is 14.6. The molecule has 134 valence electrons. The lowest BCUT2D eigenvalue weighted by molar-refractivity contribution is -0.118. The normalized spacial score (nSPS) is 10.7. The zero-order chi connectivity index (χ0) is 18.2. The third kappa shape index (κ3) is 5.60. The van der Waals surface area contributed by atoms with Crippen molar-refractivity contribution in [2.24, 2.45) is 0 Å². The Hall–Kier alpha value is -2.35. The van der Waals surface area contributed by atoms with Gasteiger partial charge in [-0.2, -0.15) is 0 Å². The first-order valence-corrected chi connectivity index (χ1v) is 8.96. The Morgan fingerprint density at radius 2 is 2.00 bits per heavy atom. The van der Waals surface area contributed by atoms with E-state index in [2.05, 4.69) is 20.3 Å². The summed E-state index contributed by atoms with van der Waals surface area (Å²) < 4.78 is 6.59. The molecule has 0 unspecified atom stereocenters. The van der Waals surface area contributed by atoms with Gasteiger partial charge in [0.15, 0.2) is 5.16 Å². The fourth-order valence-electron chi connectivity index (χ4n) is 2.14. The van der Waals surface area contributed by atoms with Crippen LogP contribution in [0.2, 0.25) is 0 Å². The Balaban J connectivity index is 1.73. The monoisotopic (exact) mass is 362 g/mol. The summed E-state index contributed by atoms with van der Waals surface area (Å²) >= 11 is 1.37. The number of hydrogen-bond donors (Lipinski definition) is 1. The van der Waals surface area contributed by atoms with Crippen LogP contribution in [0.1, 0.15) is 35.8 Å². The molecule has 0 atom stereocenters. The van der Waals surface area contributed by atoms with Gasteiger partial charge >= 0.3 is 5.97 Å². The highest BCUT2D eigenvalue weighted by atomic mass is 32.2. The molecule has 0 aliphatic heterocycles. The maximum atomic E-state index is 11.9. The van der Waals surface area contributed by atoms with Crippen molar-refractivity contribution in [2.75, 3.05) is 19.4 Å². The second-order valence-electron chi connectivity index (χ2n) is 5.69. The molecule has 1 aromatic carbocycles. The second-order valence-corrected chi connectivity index (χ2v) is 6.63. The smallest absolute Gasteiger partial charge is 0.337 e. The molecule has 0 bridgehead atoms. The molecule has 7 nitrogen and oxygen atoms in total. The van der Waals surface area contributed by atoms with Crippen molar-refractivity contribution in [1.29, 1.82) is 0 Å². The minimum atomic E-state index is -0.355. The van der Waals surface area contributed by atoms with Crippen LogP contribution in [-0.4, -0.2) is 46.0 Å². The fraction of sp³-hybridized carbons (Fsp3) is 0.412. The van der Waals surface area contributed by atoms with Crippen LogP contribution in [0, 0.1) is 0 Å². The van der Waals surface area contributed by atoms with Gasteiger partial charge in [0.25, 0.3) is 0 Å². The largest absolute Gasteiger partial charge is 0.465 e. The van der Waals surface area contributed by atoms with E-state index < -0.39 is 0 Å². The van der Waals surface area contributed by atoms with Crippen molar-refractivity contribution in [3.8, 4) is 0 Å². The van der Waals surface area contributed by atoms with Gasteiger partial charge in [0.1, 0.15) is 6.33 Å². The quantitative estimate of drug-likeness (QED) is 0.572. The van der Waals surface area contributed by atoms with Gasteiger partial charge in [-0.1, -0.05) is 23.9 Å². The Labute approximate surface area is 151 Å². The van der Waals surface area contributed by atoms with Gasteiger partial charge in [0, 0.05) is 12.6 Å². The molecule has 2 rings (SSSR count). The number of methoxy groups -OCH3 is 1. The molecule has 0 aliphatic rings. The van der Waals surface area contributed by atoms with Gasteiger partial charge in [0.2, 0.25) is 5.91 Å². The summed E-state index contributed by atoms with van der Waals surface area (Å²) in [7, 11) is 1.35. The Morgan fingerprint density at radius 1 is 1.28 bits per heavy atom. The van der Waals surface area contributed by atoms with E-state index >= 15 is 0 Å². The third-order valence-electron chi connectivity index (χ3n) is 3.54. The summed E-state index contributed by atoms with van der Waals surface area (Å²) in [4.78, 5) is 23.3. The minimum absolute atomic E-state index is 0.0468. The summed E-state index contributed by atoms with van der Waals surface area (Å²) in [6.45, 7) is 4.62. The number of amides is 1. The highest BCUT2D eigenvalue weighted by molar-refractivity contribution is 7.99. The molecule has 1 N–H and O–H groups in total. The standard InChI is InChI=1S/C17H22N4O3S/c1-12(2)21-11-19-20-17(21)25-10-15(22)18-9-8-13-4-6-14(7-5-13)16(23)24-3/h4-7,11-12H,8-10H2,1-3H3,(H,18,22). The number of thioether (sulfide) groups is 1. The predicted octanol–water partition coefficient (Wildman–Crippen LogP) is 2.10. The van der Waals surface area contributed by atoms with Crippen LogP contribution in [-0.2, 0) is 16.0 Å². The number of nitrogens with zero attached hydrogens (tertiary/aromatic N) is 3. The molecule has 1 amide bonds. The van der Waals surface area contributed by atoms with Gasteiger partial charge < -0.3 is 14.6 Å². The van der Waals surface area contributed by atoms with Crippen LogP contribution >= 0.6 is 11.8 Å². The molecule has 1 heterocycles. The lowest BCUT2D eigenvalue weighted by Crippen LogP contribution is -2.27. The van der Waals surface area contributed by atoms with E-state index in [4.69, 9.17) is 0 Å². The fourth-order valence-corrected chi connectivity index (χ4v) is 3.02. The van der Waals surface area contributed by atoms with Crippen LogP contribution in [0.15, 0.2) is 35.7 Å². The average molecular weight is 362 g/mol. The molecule has 0 saturated carbocycles. The predicted molar refractivity (Wildman–Crippen MR) is 95.6 cm³/mol. The Bertz CT molecular complexity index is 713. The maximum absolute atomic E-state index is 11.9. The first-order valence-electron chi connectivity index (χ1n) is 7.97. The molecule has 0 aliphatic carbocycles. The van der Waals surface area contributed by atoms with Crippen LogP contribution in [0.25, 0.3) is 0 Å². The van der Waals surface area contributed by atoms with E-state index in [1.165, 1.54) is 18.9 Å². The number of esters is 1. The molecule has 0 radical (unpaired) electrons. The van der Waals surface area contributed by atoms with E-state index in [1.54, 1.807) is 18.5 Å². The summed E-state index contributed by atoms with van der Waals surface area (Å²) in [6, 6.07) is 7.42. The van der Waals surface area contributed by atoms with Crippen LogP contribution in [0.4, 0.5) is 0 Å². The highest BCUT2D eigenvalue weighted by Gasteiger charge is 2.10. The lowest BCUT2D eigenvalue weighted by Gasteiger charge is -2.09. The first kappa shape index (κ1) is 19.0. The van der Waals surface area contributed by atoms with Crippen LogP contribution < -0.4 is 5.32 Å². The number of aromatic nitrogens is 3. The van der Waals surface area contributed by atoms with E-state index in [0.717, 1.165) is 10.7 Å². The van der Waals surface area contributed by atoms with E-state index in [9.17, 15) is 9.59 Å². The number of rotatable bonds is 8. The van der Waals surface area contributed by atoms with Gasteiger partial charge in [-0.15, -0.1) is 10.2 Å². The van der Waals surface area contributed by atoms with Gasteiger partial charge in [-0.05, 0) is 38.0 Å². The Kier molecular flexibility index (Phi) is 7.00. The van der Waals surface area contributed by atoms with Gasteiger partial charge in [0.05, 0.1) is 18.4 Å². The highest BCUT2D eigenvalue weighted by Crippen LogP contribution is 2.18. The molecular weight excluding hydrogens is 340 g/mol. The van der Waals surface area contributed by atoms with Crippen molar-refractivity contribution < 1.29 is 14.3 Å². The van der Waals surface area contributed by atoms with Crippen molar-refractivity contribution >= 4 is 23.6 Å². The van der Waals surface area contributed by atoms with Gasteiger partial charge in [-0.3, -0.25) is 4.79 Å². The van der Waals surface area contributed by atoms with E-state index in [1.807, 2.05) is 30.5 Å². The number of nitrogens with one attached hydrogen (secondary N) is 1. The third-order valence-corrected chi connectivity index (χ3v) is 4.50. The number of benzene rings is 1. The van der Waals surface area contributed by atoms with Crippen molar-refractivity contribution in [3.63, 3.8) is 0 Å². The maximum Gasteiger partial charge on any atom is 0.337 e. The topological polar surface area (TPSA) is 86.1 Å². The molecule has 0 spiro atoms. The number of carbonyl (C=O) groups is 2. The molecule has 25 heavy (non-hydrogen) atoms. The number of hydrogen-bond acceptors (Lipinski definition) is 6. The molecule has 0 saturated heterocycles. The molecule has 8 heteroatoms. The van der Waals surface area contributed by atoms with Crippen molar-refractivity contribution in [1.82, 2.24) is 20.1 Å². The first-order chi connectivity index (χ1) is 12.0. The molecule has 1 aromatic heterocycles. The van der Waals surface area contributed by atoms with Crippen molar-refractivity contribution in [3.05, 3.63) is 41.7 Å². The SMILES string of the molecule is COC(=O)c1ccc(CCNC(=O)CSc2nncn2C(C)C)cc1. The minimum Gasteiger partial charge on any atom is -0.465 e. The van der Waals surface area contributed by atoms with Crippen LogP contribution in [0.5, 0.6) is 0 Å². The summed E-state index contributed by atoms with van der Waals surface area (Å²) in [6.07, 6.45) is 2.36. The number of carbonyl (C=O) groups excluding carboxylic acids is 2. The second kappa shape index (κ2) is 9.22. The number of ether oxygens (including phenoxy) is 1. The molecular formula is C17H22N4O3S. The van der Waals surface area contributed by atoms with Crippen LogP contribution in [0.3, 0.4) is 0 Å². The zero-order valence-corrected chi connectivity index (χ0v) is 15.4. The van der Waals surface area contributed by atoms with Gasteiger partial charge in [-0.25, -0.2) is 4.79 Å². The van der Waals surface area contributed by atoms with Crippen molar-refractivity contribution in [2.45, 2.75) is 31.5 Å². The summed E-state index contributed by atoms with van der Waals surface area (Å²) in [5.41, 5.74) is 1.56. The summed E-state index contributed by atoms with van der Waals surface area (Å²) in [5.74, 6) is -0.104. The molecule has 0 fully saturated rings. The van der Waals surface area contributed by atoms with E-state index in [-0.39, 0.29) is 17.9 Å². The summed E-state index contributed by atoms with van der Waals surface area (Å²) in [5, 5.41) is 11.5. The van der Waals surface area contributed by atoms with E-state index in [0.29, 0.717) is 24.3 Å². The molecule has 2 aromatic rings. The lowest BCUT2D eigenvalue weighted by atomic mass is 10.1. The Morgan fingerprint density at radius 3 is 2.64 bits per heavy atom.